The number of likely N-dealkylation sites (N-methyl/N-ethyl adjacent to an activating group) is 1. The molecule has 0 saturated heterocycles. The van der Waals surface area contributed by atoms with Crippen molar-refractivity contribution in [1.82, 2.24) is 10.2 Å². The van der Waals surface area contributed by atoms with Gasteiger partial charge in [-0.2, -0.15) is 13.2 Å². The molecule has 2 aromatic rings. The molecule has 0 spiro atoms. The number of hydrogen-bond donors (Lipinski definition) is 1. The quantitative estimate of drug-likeness (QED) is 0.500. The second-order valence-electron chi connectivity index (χ2n) is 7.45. The largest absolute Gasteiger partial charge is 0.416 e. The molecule has 35 heavy (non-hydrogen) atoms. The highest BCUT2D eigenvalue weighted by Gasteiger charge is 2.34. The zero-order valence-electron chi connectivity index (χ0n) is 18.7. The second kappa shape index (κ2) is 11.2. The van der Waals surface area contributed by atoms with Crippen LogP contribution in [-0.4, -0.2) is 51.0 Å². The number of nitrogens with one attached hydrogen (secondary N) is 1. The van der Waals surface area contributed by atoms with Crippen LogP contribution in [-0.2, 0) is 32.3 Å². The van der Waals surface area contributed by atoms with E-state index in [9.17, 15) is 31.2 Å². The highest BCUT2D eigenvalue weighted by molar-refractivity contribution is 7.92. The van der Waals surface area contributed by atoms with Crippen molar-refractivity contribution in [1.29, 1.82) is 0 Å². The van der Waals surface area contributed by atoms with Gasteiger partial charge in [0.1, 0.15) is 12.6 Å². The van der Waals surface area contributed by atoms with Crippen LogP contribution in [0.3, 0.4) is 0 Å². The first-order valence-corrected chi connectivity index (χ1v) is 12.8. The molecule has 0 heterocycles. The number of carbonyl (C=O) groups is 2. The lowest BCUT2D eigenvalue weighted by atomic mass is 10.1. The van der Waals surface area contributed by atoms with Gasteiger partial charge in [0.25, 0.3) is 0 Å². The number of sulfonamides is 1. The Morgan fingerprint density at radius 3 is 2.11 bits per heavy atom. The fourth-order valence-corrected chi connectivity index (χ4v) is 4.76. The Morgan fingerprint density at radius 2 is 1.63 bits per heavy atom. The summed E-state index contributed by atoms with van der Waals surface area (Å²) in [5, 5.41) is 2.45. The summed E-state index contributed by atoms with van der Waals surface area (Å²) in [5.74, 6) is -1.49. The van der Waals surface area contributed by atoms with E-state index in [1.807, 2.05) is 0 Å². The minimum Gasteiger partial charge on any atom is -0.357 e. The van der Waals surface area contributed by atoms with Crippen LogP contribution in [0.25, 0.3) is 0 Å². The highest BCUT2D eigenvalue weighted by Crippen LogP contribution is 2.36. The normalized spacial score (nSPS) is 12.7. The van der Waals surface area contributed by atoms with Crippen LogP contribution in [0.2, 0.25) is 15.1 Å². The predicted octanol–water partition coefficient (Wildman–Crippen LogP) is 4.59. The van der Waals surface area contributed by atoms with E-state index in [1.54, 1.807) is 6.07 Å². The average Bonchev–Trinajstić information content (AvgIpc) is 2.75. The lowest BCUT2D eigenvalue weighted by Crippen LogP contribution is -2.50. The predicted molar refractivity (Wildman–Crippen MR) is 129 cm³/mol. The van der Waals surface area contributed by atoms with E-state index >= 15 is 0 Å². The van der Waals surface area contributed by atoms with E-state index in [0.29, 0.717) is 28.3 Å². The molecule has 0 aliphatic carbocycles. The number of halogens is 6. The molecule has 192 valence electrons. The van der Waals surface area contributed by atoms with E-state index in [-0.39, 0.29) is 21.6 Å². The van der Waals surface area contributed by atoms with Crippen molar-refractivity contribution in [2.45, 2.75) is 25.7 Å². The molecule has 2 aromatic carbocycles. The number of benzene rings is 2. The Bertz CT molecular complexity index is 1210. The smallest absolute Gasteiger partial charge is 0.357 e. The van der Waals surface area contributed by atoms with E-state index in [2.05, 4.69) is 5.32 Å². The summed E-state index contributed by atoms with van der Waals surface area (Å²) in [6.07, 6.45) is -4.07. The zero-order chi connectivity index (χ0) is 26.7. The monoisotopic (exact) mass is 573 g/mol. The third-order valence-electron chi connectivity index (χ3n) is 5.03. The Balaban J connectivity index is 2.55. The molecule has 14 heteroatoms. The van der Waals surface area contributed by atoms with Crippen molar-refractivity contribution in [2.75, 3.05) is 24.2 Å². The first-order valence-electron chi connectivity index (χ1n) is 9.86. The molecule has 0 aromatic heterocycles. The van der Waals surface area contributed by atoms with Crippen LogP contribution >= 0.6 is 34.8 Å². The maximum Gasteiger partial charge on any atom is 0.416 e. The Hall–Kier alpha value is -2.21. The molecule has 1 atom stereocenters. The van der Waals surface area contributed by atoms with Crippen LogP contribution in [0.4, 0.5) is 18.9 Å². The topological polar surface area (TPSA) is 86.8 Å². The minimum absolute atomic E-state index is 0.195. The molecule has 0 aliphatic heterocycles. The highest BCUT2D eigenvalue weighted by atomic mass is 35.5. The summed E-state index contributed by atoms with van der Waals surface area (Å²) in [4.78, 5) is 26.7. The lowest BCUT2D eigenvalue weighted by Gasteiger charge is -2.32. The molecule has 7 nitrogen and oxygen atoms in total. The van der Waals surface area contributed by atoms with Crippen LogP contribution in [0, 0.1) is 0 Å². The van der Waals surface area contributed by atoms with Crippen LogP contribution in [0.1, 0.15) is 18.1 Å². The minimum atomic E-state index is -4.78. The molecule has 1 unspecified atom stereocenters. The third-order valence-corrected chi connectivity index (χ3v) is 7.18. The van der Waals surface area contributed by atoms with Gasteiger partial charge < -0.3 is 10.2 Å². The van der Waals surface area contributed by atoms with E-state index in [4.69, 9.17) is 34.8 Å². The van der Waals surface area contributed by atoms with Crippen molar-refractivity contribution in [3.63, 3.8) is 0 Å². The number of alkyl halides is 3. The molecule has 1 N–H and O–H groups in total. The van der Waals surface area contributed by atoms with Gasteiger partial charge in [0.15, 0.2) is 0 Å². The molecular weight excluding hydrogens is 554 g/mol. The summed E-state index contributed by atoms with van der Waals surface area (Å²) < 4.78 is 65.2. The Labute approximate surface area is 215 Å². The second-order valence-corrected chi connectivity index (χ2v) is 10.6. The van der Waals surface area contributed by atoms with Gasteiger partial charge in [0, 0.05) is 29.2 Å². The third kappa shape index (κ3) is 7.16. The molecule has 0 aliphatic rings. The molecule has 2 amide bonds. The number of nitrogens with zero attached hydrogens (tertiary/aromatic N) is 2. The van der Waals surface area contributed by atoms with Gasteiger partial charge in [-0.1, -0.05) is 40.9 Å². The summed E-state index contributed by atoms with van der Waals surface area (Å²) in [5.41, 5.74) is -1.40. The number of hydrogen-bond acceptors (Lipinski definition) is 4. The van der Waals surface area contributed by atoms with Crippen molar-refractivity contribution < 1.29 is 31.2 Å². The van der Waals surface area contributed by atoms with E-state index in [0.717, 1.165) is 11.0 Å². The summed E-state index contributed by atoms with van der Waals surface area (Å²) in [7, 11) is -2.95. The van der Waals surface area contributed by atoms with Crippen molar-refractivity contribution in [3.05, 3.63) is 62.6 Å². The van der Waals surface area contributed by atoms with Crippen molar-refractivity contribution in [3.8, 4) is 0 Å². The molecule has 2 rings (SSSR count). The van der Waals surface area contributed by atoms with Gasteiger partial charge in [-0.25, -0.2) is 8.42 Å². The van der Waals surface area contributed by atoms with Crippen molar-refractivity contribution >= 4 is 62.3 Å². The maximum atomic E-state index is 13.3. The molecule has 0 bridgehead atoms. The number of amides is 2. The fraction of sp³-hybridized carbons (Fsp3) is 0.333. The van der Waals surface area contributed by atoms with Crippen molar-refractivity contribution in [2.24, 2.45) is 0 Å². The SMILES string of the molecule is CNC(=O)C(C)N(Cc1c(Cl)cccc1Cl)C(=O)CN(c1cc(C(F)(F)F)ccc1Cl)S(C)(=O)=O. The number of anilines is 1. The van der Waals surface area contributed by atoms with Gasteiger partial charge in [-0.05, 0) is 37.3 Å². The van der Waals surface area contributed by atoms with Gasteiger partial charge in [0.05, 0.1) is 22.5 Å². The van der Waals surface area contributed by atoms with E-state index in [1.165, 1.54) is 26.1 Å². The summed E-state index contributed by atoms with van der Waals surface area (Å²) in [6.45, 7) is 0.173. The number of carbonyl (C=O) groups excluding carboxylic acids is 2. The van der Waals surface area contributed by atoms with Crippen LogP contribution in [0.5, 0.6) is 0 Å². The van der Waals surface area contributed by atoms with E-state index < -0.39 is 51.9 Å². The van der Waals surface area contributed by atoms with Crippen LogP contribution < -0.4 is 9.62 Å². The fourth-order valence-electron chi connectivity index (χ4n) is 3.12. The van der Waals surface area contributed by atoms with Gasteiger partial charge in [0.2, 0.25) is 21.8 Å². The average molecular weight is 575 g/mol. The zero-order valence-corrected chi connectivity index (χ0v) is 21.7. The molecular formula is C21H21Cl3F3N3O4S. The molecule has 0 saturated carbocycles. The van der Waals surface area contributed by atoms with Gasteiger partial charge in [-0.3, -0.25) is 13.9 Å². The summed E-state index contributed by atoms with van der Waals surface area (Å²) >= 11 is 18.4. The van der Waals surface area contributed by atoms with Gasteiger partial charge in [-0.15, -0.1) is 0 Å². The first kappa shape index (κ1) is 29.0. The Morgan fingerprint density at radius 1 is 1.06 bits per heavy atom. The first-order chi connectivity index (χ1) is 16.1. The lowest BCUT2D eigenvalue weighted by molar-refractivity contribution is -0.139. The summed E-state index contributed by atoms with van der Waals surface area (Å²) in [6, 6.07) is 5.60. The number of rotatable bonds is 8. The Kier molecular flexibility index (Phi) is 9.32. The standard InChI is InChI=1S/C21H21Cl3F3N3O4S/c1-12(20(32)28-2)29(10-14-15(22)5-4-6-16(14)23)19(31)11-30(35(3,33)34)18-9-13(21(25,26)27)7-8-17(18)24/h4-9,12H,10-11H2,1-3H3,(H,28,32). The molecule has 0 fully saturated rings. The van der Waals surface area contributed by atoms with Crippen LogP contribution in [0.15, 0.2) is 36.4 Å². The molecule has 0 radical (unpaired) electrons. The van der Waals surface area contributed by atoms with Gasteiger partial charge >= 0.3 is 6.18 Å². The maximum absolute atomic E-state index is 13.3.